The van der Waals surface area contributed by atoms with Gasteiger partial charge in [0.15, 0.2) is 5.96 Å². The monoisotopic (exact) mass is 266 g/mol. The van der Waals surface area contributed by atoms with Crippen LogP contribution in [0.3, 0.4) is 0 Å². The second kappa shape index (κ2) is 7.73. The van der Waals surface area contributed by atoms with Crippen molar-refractivity contribution in [2.45, 2.75) is 39.5 Å². The van der Waals surface area contributed by atoms with Crippen molar-refractivity contribution in [3.63, 3.8) is 0 Å². The van der Waals surface area contributed by atoms with E-state index in [0.717, 1.165) is 37.4 Å². The summed E-state index contributed by atoms with van der Waals surface area (Å²) in [6, 6.07) is 0. The van der Waals surface area contributed by atoms with Gasteiger partial charge in [-0.15, -0.1) is 0 Å². The van der Waals surface area contributed by atoms with Crippen LogP contribution in [-0.2, 0) is 0 Å². The zero-order valence-electron chi connectivity index (χ0n) is 12.6. The van der Waals surface area contributed by atoms with Gasteiger partial charge in [-0.1, -0.05) is 6.92 Å². The highest BCUT2D eigenvalue weighted by atomic mass is 15.2. The van der Waals surface area contributed by atoms with Gasteiger partial charge in [0, 0.05) is 26.2 Å². The first kappa shape index (κ1) is 14.6. The Bertz CT molecular complexity index is 286. The van der Waals surface area contributed by atoms with E-state index >= 15 is 0 Å². The zero-order valence-corrected chi connectivity index (χ0v) is 12.6. The van der Waals surface area contributed by atoms with Gasteiger partial charge in [-0.3, -0.25) is 4.99 Å². The number of hydrogen-bond donors (Lipinski definition) is 2. The molecule has 110 valence electrons. The third-order valence-electron chi connectivity index (χ3n) is 4.02. The molecule has 2 N–H and O–H groups in total. The summed E-state index contributed by atoms with van der Waals surface area (Å²) in [5, 5.41) is 6.82. The molecule has 2 fully saturated rings. The Morgan fingerprint density at radius 2 is 2.00 bits per heavy atom. The van der Waals surface area contributed by atoms with E-state index in [-0.39, 0.29) is 0 Å². The molecule has 4 nitrogen and oxygen atoms in total. The van der Waals surface area contributed by atoms with Crippen LogP contribution >= 0.6 is 0 Å². The smallest absolute Gasteiger partial charge is 0.191 e. The minimum absolute atomic E-state index is 0.753. The molecule has 0 bridgehead atoms. The largest absolute Gasteiger partial charge is 0.357 e. The molecular formula is C15H30N4. The molecule has 0 radical (unpaired) electrons. The summed E-state index contributed by atoms with van der Waals surface area (Å²) in [6.07, 6.45) is 5.36. The first-order valence-electron chi connectivity index (χ1n) is 8.06. The Labute approximate surface area is 118 Å². The number of aliphatic imine (C=N–C) groups is 1. The Morgan fingerprint density at radius 3 is 2.68 bits per heavy atom. The molecule has 0 aromatic carbocycles. The van der Waals surface area contributed by atoms with Crippen LogP contribution in [0.4, 0.5) is 0 Å². The van der Waals surface area contributed by atoms with Crippen LogP contribution in [0.5, 0.6) is 0 Å². The minimum atomic E-state index is 0.753. The Balaban J connectivity index is 1.70. The summed E-state index contributed by atoms with van der Waals surface area (Å²) in [4.78, 5) is 7.33. The Hall–Kier alpha value is -0.770. The SMILES string of the molecule is CCCN1CCC(CN=C(NCC)NCC2CC2)C1. The normalized spacial score (nSPS) is 24.7. The molecule has 0 aromatic rings. The molecule has 1 unspecified atom stereocenters. The van der Waals surface area contributed by atoms with Gasteiger partial charge in [0.1, 0.15) is 0 Å². The third kappa shape index (κ3) is 5.39. The summed E-state index contributed by atoms with van der Waals surface area (Å²) in [5.74, 6) is 2.67. The maximum Gasteiger partial charge on any atom is 0.191 e. The highest BCUT2D eigenvalue weighted by Gasteiger charge is 2.22. The van der Waals surface area contributed by atoms with Crippen molar-refractivity contribution in [1.82, 2.24) is 15.5 Å². The van der Waals surface area contributed by atoms with Gasteiger partial charge in [-0.2, -0.15) is 0 Å². The van der Waals surface area contributed by atoms with Gasteiger partial charge in [0.05, 0.1) is 0 Å². The molecule has 1 heterocycles. The van der Waals surface area contributed by atoms with Crippen molar-refractivity contribution in [2.75, 3.05) is 39.3 Å². The van der Waals surface area contributed by atoms with Crippen molar-refractivity contribution in [1.29, 1.82) is 0 Å². The van der Waals surface area contributed by atoms with E-state index in [9.17, 15) is 0 Å². The average molecular weight is 266 g/mol. The topological polar surface area (TPSA) is 39.7 Å². The maximum atomic E-state index is 4.76. The molecule has 0 amide bonds. The van der Waals surface area contributed by atoms with Crippen LogP contribution in [0.2, 0.25) is 0 Å². The first-order chi connectivity index (χ1) is 9.31. The van der Waals surface area contributed by atoms with Gasteiger partial charge in [-0.05, 0) is 57.5 Å². The lowest BCUT2D eigenvalue weighted by atomic mass is 10.1. The van der Waals surface area contributed by atoms with E-state index < -0.39 is 0 Å². The number of nitrogens with zero attached hydrogens (tertiary/aromatic N) is 2. The lowest BCUT2D eigenvalue weighted by Crippen LogP contribution is -2.38. The molecule has 1 saturated heterocycles. The molecule has 0 aromatic heterocycles. The average Bonchev–Trinajstić information content (AvgIpc) is 3.13. The minimum Gasteiger partial charge on any atom is -0.357 e. The predicted molar refractivity (Wildman–Crippen MR) is 81.5 cm³/mol. The van der Waals surface area contributed by atoms with Crippen LogP contribution in [0, 0.1) is 11.8 Å². The van der Waals surface area contributed by atoms with E-state index in [1.165, 1.54) is 45.3 Å². The molecular weight excluding hydrogens is 236 g/mol. The second-order valence-corrected chi connectivity index (χ2v) is 6.00. The van der Waals surface area contributed by atoms with Gasteiger partial charge < -0.3 is 15.5 Å². The standard InChI is InChI=1S/C15H30N4/c1-3-8-19-9-7-14(12-19)11-18-15(16-4-2)17-10-13-5-6-13/h13-14H,3-12H2,1-2H3,(H2,16,17,18). The summed E-state index contributed by atoms with van der Waals surface area (Å²) in [5.41, 5.74) is 0. The number of guanidine groups is 1. The van der Waals surface area contributed by atoms with Gasteiger partial charge in [0.25, 0.3) is 0 Å². The van der Waals surface area contributed by atoms with Crippen LogP contribution in [0.25, 0.3) is 0 Å². The van der Waals surface area contributed by atoms with E-state index in [1.807, 2.05) is 0 Å². The van der Waals surface area contributed by atoms with Gasteiger partial charge in [-0.25, -0.2) is 0 Å². The zero-order chi connectivity index (χ0) is 13.5. The Kier molecular flexibility index (Phi) is 5.95. The fraction of sp³-hybridized carbons (Fsp3) is 0.933. The molecule has 1 aliphatic heterocycles. The quantitative estimate of drug-likeness (QED) is 0.544. The number of likely N-dealkylation sites (tertiary alicyclic amines) is 1. The highest BCUT2D eigenvalue weighted by Crippen LogP contribution is 2.27. The van der Waals surface area contributed by atoms with Crippen molar-refractivity contribution in [3.05, 3.63) is 0 Å². The van der Waals surface area contributed by atoms with E-state index in [4.69, 9.17) is 4.99 Å². The molecule has 1 saturated carbocycles. The molecule has 4 heteroatoms. The molecule has 2 aliphatic rings. The summed E-state index contributed by atoms with van der Waals surface area (Å²) < 4.78 is 0. The number of rotatable bonds is 7. The summed E-state index contributed by atoms with van der Waals surface area (Å²) in [6.45, 7) is 11.2. The Morgan fingerprint density at radius 1 is 1.16 bits per heavy atom. The lowest BCUT2D eigenvalue weighted by Gasteiger charge is -2.14. The van der Waals surface area contributed by atoms with Crippen molar-refractivity contribution in [2.24, 2.45) is 16.8 Å². The van der Waals surface area contributed by atoms with Gasteiger partial charge in [0.2, 0.25) is 0 Å². The van der Waals surface area contributed by atoms with Crippen LogP contribution in [0.1, 0.15) is 39.5 Å². The molecule has 1 atom stereocenters. The maximum absolute atomic E-state index is 4.76. The van der Waals surface area contributed by atoms with Crippen LogP contribution in [0.15, 0.2) is 4.99 Å². The number of hydrogen-bond acceptors (Lipinski definition) is 2. The predicted octanol–water partition coefficient (Wildman–Crippen LogP) is 1.68. The first-order valence-corrected chi connectivity index (χ1v) is 8.06. The fourth-order valence-electron chi connectivity index (χ4n) is 2.71. The summed E-state index contributed by atoms with van der Waals surface area (Å²) in [7, 11) is 0. The molecule has 1 aliphatic carbocycles. The van der Waals surface area contributed by atoms with E-state index in [0.29, 0.717) is 0 Å². The highest BCUT2D eigenvalue weighted by molar-refractivity contribution is 5.79. The van der Waals surface area contributed by atoms with Crippen molar-refractivity contribution >= 4 is 5.96 Å². The second-order valence-electron chi connectivity index (χ2n) is 6.00. The van der Waals surface area contributed by atoms with Crippen molar-refractivity contribution in [3.8, 4) is 0 Å². The van der Waals surface area contributed by atoms with Crippen LogP contribution < -0.4 is 10.6 Å². The number of nitrogens with one attached hydrogen (secondary N) is 2. The summed E-state index contributed by atoms with van der Waals surface area (Å²) >= 11 is 0. The third-order valence-corrected chi connectivity index (χ3v) is 4.02. The van der Waals surface area contributed by atoms with E-state index in [2.05, 4.69) is 29.4 Å². The van der Waals surface area contributed by atoms with E-state index in [1.54, 1.807) is 0 Å². The fourth-order valence-corrected chi connectivity index (χ4v) is 2.71. The molecule has 19 heavy (non-hydrogen) atoms. The lowest BCUT2D eigenvalue weighted by molar-refractivity contribution is 0.326. The van der Waals surface area contributed by atoms with Crippen LogP contribution in [-0.4, -0.2) is 50.1 Å². The van der Waals surface area contributed by atoms with Gasteiger partial charge >= 0.3 is 0 Å². The molecule has 0 spiro atoms. The van der Waals surface area contributed by atoms with Crippen molar-refractivity contribution < 1.29 is 0 Å². The molecule has 2 rings (SSSR count).